The Bertz CT molecular complexity index is 315. The fourth-order valence-corrected chi connectivity index (χ4v) is 2.99. The zero-order valence-electron chi connectivity index (χ0n) is 7.96. The van der Waals surface area contributed by atoms with Crippen LogP contribution in [0.2, 0.25) is 0 Å². The van der Waals surface area contributed by atoms with Gasteiger partial charge in [0, 0.05) is 11.8 Å². The maximum atomic E-state index is 11.7. The summed E-state index contributed by atoms with van der Waals surface area (Å²) >= 11 is 0. The standard InChI is InChI=1S/C10H13NO2/c1-9(2)7-3-4-10(9,11-6-12)8(13)5-7/h7H,3-5H2,1-2H3/t7-,10-/m1/s1. The normalized spacial score (nSPS) is 40.5. The summed E-state index contributed by atoms with van der Waals surface area (Å²) in [4.78, 5) is 25.8. The molecule has 0 amide bonds. The number of isocyanates is 1. The Balaban J connectivity index is 2.54. The molecule has 2 aliphatic carbocycles. The van der Waals surface area contributed by atoms with Gasteiger partial charge in [-0.05, 0) is 18.8 Å². The van der Waals surface area contributed by atoms with Crippen LogP contribution >= 0.6 is 0 Å². The highest BCUT2D eigenvalue weighted by molar-refractivity contribution is 5.94. The Hall–Kier alpha value is -0.950. The predicted molar refractivity (Wildman–Crippen MR) is 47.0 cm³/mol. The van der Waals surface area contributed by atoms with Crippen molar-refractivity contribution in [3.63, 3.8) is 0 Å². The highest BCUT2D eigenvalue weighted by Crippen LogP contribution is 2.60. The molecule has 13 heavy (non-hydrogen) atoms. The zero-order valence-corrected chi connectivity index (χ0v) is 7.96. The highest BCUT2D eigenvalue weighted by atomic mass is 16.1. The maximum Gasteiger partial charge on any atom is 0.235 e. The largest absolute Gasteiger partial charge is 0.297 e. The molecule has 3 nitrogen and oxygen atoms in total. The second-order valence-electron chi connectivity index (χ2n) is 4.65. The van der Waals surface area contributed by atoms with Crippen molar-refractivity contribution in [1.82, 2.24) is 0 Å². The van der Waals surface area contributed by atoms with Crippen LogP contribution in [0.25, 0.3) is 0 Å². The van der Waals surface area contributed by atoms with Gasteiger partial charge in [-0.2, -0.15) is 4.99 Å². The number of fused-ring (bicyclic) bond motifs is 2. The van der Waals surface area contributed by atoms with Crippen molar-refractivity contribution in [3.8, 4) is 0 Å². The third-order valence-electron chi connectivity index (χ3n) is 4.07. The lowest BCUT2D eigenvalue weighted by atomic mass is 9.76. The summed E-state index contributed by atoms with van der Waals surface area (Å²) in [7, 11) is 0. The third kappa shape index (κ3) is 0.781. The molecule has 0 heterocycles. The van der Waals surface area contributed by atoms with Gasteiger partial charge in [-0.25, -0.2) is 4.79 Å². The van der Waals surface area contributed by atoms with Crippen molar-refractivity contribution in [2.24, 2.45) is 16.3 Å². The van der Waals surface area contributed by atoms with Crippen LogP contribution in [0.15, 0.2) is 4.99 Å². The lowest BCUT2D eigenvalue weighted by Gasteiger charge is -2.30. The lowest BCUT2D eigenvalue weighted by Crippen LogP contribution is -2.41. The van der Waals surface area contributed by atoms with E-state index in [0.717, 1.165) is 12.8 Å². The van der Waals surface area contributed by atoms with E-state index < -0.39 is 5.54 Å². The van der Waals surface area contributed by atoms with Gasteiger partial charge < -0.3 is 0 Å². The Morgan fingerprint density at radius 3 is 2.62 bits per heavy atom. The first kappa shape index (κ1) is 8.64. The first-order chi connectivity index (χ1) is 6.04. The monoisotopic (exact) mass is 179 g/mol. The van der Waals surface area contributed by atoms with Crippen LogP contribution < -0.4 is 0 Å². The van der Waals surface area contributed by atoms with E-state index >= 15 is 0 Å². The number of nitrogens with zero attached hydrogens (tertiary/aromatic N) is 1. The van der Waals surface area contributed by atoms with Gasteiger partial charge in [0.15, 0.2) is 5.78 Å². The Morgan fingerprint density at radius 2 is 2.23 bits per heavy atom. The number of ketones is 1. The Morgan fingerprint density at radius 1 is 1.54 bits per heavy atom. The molecule has 2 aliphatic rings. The van der Waals surface area contributed by atoms with Crippen molar-refractivity contribution in [1.29, 1.82) is 0 Å². The molecule has 3 heteroatoms. The van der Waals surface area contributed by atoms with Crippen molar-refractivity contribution in [2.75, 3.05) is 0 Å². The van der Waals surface area contributed by atoms with E-state index in [2.05, 4.69) is 4.99 Å². The minimum atomic E-state index is -0.723. The summed E-state index contributed by atoms with van der Waals surface area (Å²) in [5, 5.41) is 0. The van der Waals surface area contributed by atoms with Gasteiger partial charge in [-0.15, -0.1) is 0 Å². The average molecular weight is 179 g/mol. The van der Waals surface area contributed by atoms with Gasteiger partial charge in [0.1, 0.15) is 5.54 Å². The van der Waals surface area contributed by atoms with E-state index in [-0.39, 0.29) is 11.2 Å². The van der Waals surface area contributed by atoms with Crippen LogP contribution in [-0.4, -0.2) is 17.4 Å². The SMILES string of the molecule is CC1(C)[C@@H]2CC[C@@]1(N=C=O)C(=O)C2. The summed E-state index contributed by atoms with van der Waals surface area (Å²) in [5.74, 6) is 0.550. The first-order valence-electron chi connectivity index (χ1n) is 4.67. The molecule has 0 spiro atoms. The quantitative estimate of drug-likeness (QED) is 0.452. The third-order valence-corrected chi connectivity index (χ3v) is 4.07. The second-order valence-corrected chi connectivity index (χ2v) is 4.65. The number of hydrogen-bond donors (Lipinski definition) is 0. The van der Waals surface area contributed by atoms with Crippen LogP contribution in [0, 0.1) is 11.3 Å². The summed E-state index contributed by atoms with van der Waals surface area (Å²) < 4.78 is 0. The Kier molecular flexibility index (Phi) is 1.53. The summed E-state index contributed by atoms with van der Waals surface area (Å²) in [6.45, 7) is 4.08. The summed E-state index contributed by atoms with van der Waals surface area (Å²) in [6.07, 6.45) is 3.92. The maximum absolute atomic E-state index is 11.7. The minimum absolute atomic E-state index is 0.136. The molecule has 0 N–H and O–H groups in total. The second kappa shape index (κ2) is 2.30. The lowest BCUT2D eigenvalue weighted by molar-refractivity contribution is -0.123. The topological polar surface area (TPSA) is 46.5 Å². The number of carbonyl (C=O) groups excluding carboxylic acids is 2. The Labute approximate surface area is 77.2 Å². The zero-order chi connectivity index (χ0) is 9.69. The van der Waals surface area contributed by atoms with Crippen molar-refractivity contribution >= 4 is 11.9 Å². The molecule has 2 rings (SSSR count). The van der Waals surface area contributed by atoms with Crippen LogP contribution in [0.3, 0.4) is 0 Å². The number of Topliss-reactive ketones (excluding diaryl/α,β-unsaturated/α-hetero) is 1. The molecule has 0 unspecified atom stereocenters. The molecule has 0 aromatic carbocycles. The van der Waals surface area contributed by atoms with Gasteiger partial charge in [0.05, 0.1) is 0 Å². The predicted octanol–water partition coefficient (Wildman–Crippen LogP) is 1.47. The van der Waals surface area contributed by atoms with E-state index in [1.807, 2.05) is 13.8 Å². The number of carbonyl (C=O) groups is 1. The molecule has 0 aromatic heterocycles. The fourth-order valence-electron chi connectivity index (χ4n) is 2.99. The smallest absolute Gasteiger partial charge is 0.235 e. The van der Waals surface area contributed by atoms with Gasteiger partial charge in [0.2, 0.25) is 6.08 Å². The molecule has 70 valence electrons. The minimum Gasteiger partial charge on any atom is -0.297 e. The van der Waals surface area contributed by atoms with Gasteiger partial charge in [0.25, 0.3) is 0 Å². The van der Waals surface area contributed by atoms with Crippen LogP contribution in [0.4, 0.5) is 0 Å². The molecular weight excluding hydrogens is 166 g/mol. The van der Waals surface area contributed by atoms with Crippen molar-refractivity contribution < 1.29 is 9.59 Å². The summed E-state index contributed by atoms with van der Waals surface area (Å²) in [5.41, 5.74) is -0.860. The number of hydrogen-bond acceptors (Lipinski definition) is 3. The fraction of sp³-hybridized carbons (Fsp3) is 0.800. The van der Waals surface area contributed by atoms with Gasteiger partial charge in [-0.3, -0.25) is 4.79 Å². The van der Waals surface area contributed by atoms with E-state index in [9.17, 15) is 9.59 Å². The molecule has 0 aromatic rings. The number of aliphatic imine (C=N–C) groups is 1. The van der Waals surface area contributed by atoms with Gasteiger partial charge in [-0.1, -0.05) is 13.8 Å². The molecule has 0 aliphatic heterocycles. The van der Waals surface area contributed by atoms with Crippen molar-refractivity contribution in [2.45, 2.75) is 38.6 Å². The molecule has 2 fully saturated rings. The van der Waals surface area contributed by atoms with E-state index in [0.29, 0.717) is 12.3 Å². The average Bonchev–Trinajstić information content (AvgIpc) is 2.38. The first-order valence-corrected chi connectivity index (χ1v) is 4.67. The molecule has 2 saturated carbocycles. The van der Waals surface area contributed by atoms with E-state index in [4.69, 9.17) is 0 Å². The molecule has 0 radical (unpaired) electrons. The summed E-state index contributed by atoms with van der Waals surface area (Å²) in [6, 6.07) is 0. The number of rotatable bonds is 1. The van der Waals surface area contributed by atoms with Crippen LogP contribution in [0.5, 0.6) is 0 Å². The molecular formula is C10H13NO2. The molecule has 0 saturated heterocycles. The molecule has 2 atom stereocenters. The van der Waals surface area contributed by atoms with E-state index in [1.165, 1.54) is 0 Å². The van der Waals surface area contributed by atoms with Crippen LogP contribution in [0.1, 0.15) is 33.1 Å². The van der Waals surface area contributed by atoms with Gasteiger partial charge >= 0.3 is 0 Å². The molecule has 2 bridgehead atoms. The van der Waals surface area contributed by atoms with E-state index in [1.54, 1.807) is 6.08 Å². The van der Waals surface area contributed by atoms with Crippen molar-refractivity contribution in [3.05, 3.63) is 0 Å². The van der Waals surface area contributed by atoms with Crippen LogP contribution in [-0.2, 0) is 9.59 Å². The highest BCUT2D eigenvalue weighted by Gasteiger charge is 2.64.